The average Bonchev–Trinajstić information content (AvgIpc) is 2.38. The number of carboxylic acids is 1. The largest absolute Gasteiger partial charge is 0.480 e. The monoisotopic (exact) mass is 298 g/mol. The number of carbonyl (C=O) groups excluding carboxylic acids is 1. The highest BCUT2D eigenvalue weighted by Gasteiger charge is 2.25. The van der Waals surface area contributed by atoms with Crippen LogP contribution in [0.1, 0.15) is 25.8 Å². The number of hydrogen-bond donors (Lipinski definition) is 3. The number of benzene rings is 1. The SMILES string of the molecule is CCC(C)[C@H](NC(=O)Nc1ccc(C)cc1Cl)C(=O)O. The van der Waals surface area contributed by atoms with Crippen molar-refractivity contribution in [1.82, 2.24) is 5.32 Å². The van der Waals surface area contributed by atoms with Gasteiger partial charge in [0.15, 0.2) is 0 Å². The summed E-state index contributed by atoms with van der Waals surface area (Å²) in [6, 6.07) is 3.70. The highest BCUT2D eigenvalue weighted by Crippen LogP contribution is 2.22. The molecule has 0 aromatic heterocycles. The van der Waals surface area contributed by atoms with Crippen LogP contribution in [0, 0.1) is 12.8 Å². The van der Waals surface area contributed by atoms with E-state index < -0.39 is 18.0 Å². The summed E-state index contributed by atoms with van der Waals surface area (Å²) in [5.41, 5.74) is 1.42. The van der Waals surface area contributed by atoms with Crippen molar-refractivity contribution >= 4 is 29.3 Å². The lowest BCUT2D eigenvalue weighted by Gasteiger charge is -2.20. The van der Waals surface area contributed by atoms with Crippen molar-refractivity contribution in [3.63, 3.8) is 0 Å². The van der Waals surface area contributed by atoms with Crippen molar-refractivity contribution in [1.29, 1.82) is 0 Å². The Bertz CT molecular complexity index is 505. The number of anilines is 1. The average molecular weight is 299 g/mol. The Morgan fingerprint density at radius 3 is 2.55 bits per heavy atom. The minimum atomic E-state index is -1.05. The molecule has 20 heavy (non-hydrogen) atoms. The quantitative estimate of drug-likeness (QED) is 0.780. The maximum Gasteiger partial charge on any atom is 0.326 e. The number of halogens is 1. The lowest BCUT2D eigenvalue weighted by Crippen LogP contribution is -2.46. The second kappa shape index (κ2) is 7.14. The molecule has 0 fully saturated rings. The Morgan fingerprint density at radius 1 is 1.40 bits per heavy atom. The van der Waals surface area contributed by atoms with Crippen LogP contribution in [0.2, 0.25) is 5.02 Å². The number of rotatable bonds is 5. The molecule has 2 atom stereocenters. The first-order chi connectivity index (χ1) is 9.35. The van der Waals surface area contributed by atoms with Gasteiger partial charge in [-0.05, 0) is 30.5 Å². The molecule has 6 heteroatoms. The van der Waals surface area contributed by atoms with Gasteiger partial charge >= 0.3 is 12.0 Å². The molecule has 0 aliphatic heterocycles. The van der Waals surface area contributed by atoms with Crippen molar-refractivity contribution in [2.75, 3.05) is 5.32 Å². The van der Waals surface area contributed by atoms with Crippen LogP contribution >= 0.6 is 11.6 Å². The number of aliphatic carboxylic acids is 1. The summed E-state index contributed by atoms with van der Waals surface area (Å²) in [6.07, 6.45) is 0.655. The number of hydrogen-bond acceptors (Lipinski definition) is 2. The van der Waals surface area contributed by atoms with Crippen molar-refractivity contribution < 1.29 is 14.7 Å². The Morgan fingerprint density at radius 2 is 2.05 bits per heavy atom. The summed E-state index contributed by atoms with van der Waals surface area (Å²) in [4.78, 5) is 23.0. The highest BCUT2D eigenvalue weighted by molar-refractivity contribution is 6.33. The fourth-order valence-electron chi connectivity index (χ4n) is 1.70. The number of aryl methyl sites for hydroxylation is 1. The van der Waals surface area contributed by atoms with Crippen LogP contribution in [0.15, 0.2) is 18.2 Å². The fourth-order valence-corrected chi connectivity index (χ4v) is 1.99. The second-order valence-corrected chi connectivity index (χ2v) is 5.19. The standard InChI is InChI=1S/C14H19ClN2O3/c1-4-9(3)12(13(18)19)17-14(20)16-11-6-5-8(2)7-10(11)15/h5-7,9,12H,4H2,1-3H3,(H,18,19)(H2,16,17,20)/t9?,12-/m0/s1. The van der Waals surface area contributed by atoms with Gasteiger partial charge in [0, 0.05) is 0 Å². The molecule has 2 amide bonds. The van der Waals surface area contributed by atoms with Crippen LogP contribution in [0.3, 0.4) is 0 Å². The van der Waals surface area contributed by atoms with Gasteiger partial charge in [-0.2, -0.15) is 0 Å². The topological polar surface area (TPSA) is 78.4 Å². The van der Waals surface area contributed by atoms with E-state index in [-0.39, 0.29) is 5.92 Å². The third-order valence-corrected chi connectivity index (χ3v) is 3.45. The van der Waals surface area contributed by atoms with Crippen molar-refractivity contribution in [3.8, 4) is 0 Å². The van der Waals surface area contributed by atoms with Crippen molar-refractivity contribution in [2.24, 2.45) is 5.92 Å². The van der Waals surface area contributed by atoms with Gasteiger partial charge in [0.2, 0.25) is 0 Å². The first-order valence-electron chi connectivity index (χ1n) is 6.41. The third kappa shape index (κ3) is 4.42. The minimum absolute atomic E-state index is 0.160. The molecular weight excluding hydrogens is 280 g/mol. The zero-order valence-corrected chi connectivity index (χ0v) is 12.5. The molecule has 1 rings (SSSR count). The van der Waals surface area contributed by atoms with E-state index in [0.29, 0.717) is 17.1 Å². The van der Waals surface area contributed by atoms with Crippen molar-refractivity contribution in [3.05, 3.63) is 28.8 Å². The summed E-state index contributed by atoms with van der Waals surface area (Å²) < 4.78 is 0. The molecule has 3 N–H and O–H groups in total. The molecule has 110 valence electrons. The lowest BCUT2D eigenvalue weighted by molar-refractivity contribution is -0.140. The van der Waals surface area contributed by atoms with Gasteiger partial charge in [-0.3, -0.25) is 0 Å². The predicted molar refractivity (Wildman–Crippen MR) is 79.2 cm³/mol. The van der Waals surface area contributed by atoms with Gasteiger partial charge in [-0.15, -0.1) is 0 Å². The smallest absolute Gasteiger partial charge is 0.326 e. The first kappa shape index (κ1) is 16.3. The molecule has 0 heterocycles. The molecule has 1 aromatic rings. The molecule has 1 aromatic carbocycles. The van der Waals surface area contributed by atoms with E-state index in [1.165, 1.54) is 0 Å². The van der Waals surface area contributed by atoms with Gasteiger partial charge in [-0.1, -0.05) is 37.9 Å². The van der Waals surface area contributed by atoms with Crippen LogP contribution in [0.5, 0.6) is 0 Å². The molecular formula is C14H19ClN2O3. The van der Waals surface area contributed by atoms with Gasteiger partial charge in [-0.25, -0.2) is 9.59 Å². The summed E-state index contributed by atoms with van der Waals surface area (Å²) in [6.45, 7) is 5.54. The Hall–Kier alpha value is -1.75. The highest BCUT2D eigenvalue weighted by atomic mass is 35.5. The van der Waals surface area contributed by atoms with E-state index >= 15 is 0 Å². The van der Waals surface area contributed by atoms with Crippen LogP contribution in [-0.2, 0) is 4.79 Å². The zero-order chi connectivity index (χ0) is 15.3. The van der Waals surface area contributed by atoms with E-state index in [1.807, 2.05) is 19.9 Å². The molecule has 1 unspecified atom stereocenters. The van der Waals surface area contributed by atoms with E-state index in [1.54, 1.807) is 19.1 Å². The van der Waals surface area contributed by atoms with E-state index in [0.717, 1.165) is 5.56 Å². The molecule has 0 saturated heterocycles. The van der Waals surface area contributed by atoms with Gasteiger partial charge in [0.05, 0.1) is 10.7 Å². The summed E-state index contributed by atoms with van der Waals surface area (Å²) in [5.74, 6) is -1.21. The second-order valence-electron chi connectivity index (χ2n) is 4.78. The van der Waals surface area contributed by atoms with Gasteiger partial charge in [0.25, 0.3) is 0 Å². The van der Waals surface area contributed by atoms with Gasteiger partial charge in [0.1, 0.15) is 6.04 Å². The maximum absolute atomic E-state index is 11.8. The van der Waals surface area contributed by atoms with Crippen molar-refractivity contribution in [2.45, 2.75) is 33.2 Å². The lowest BCUT2D eigenvalue weighted by atomic mass is 9.99. The zero-order valence-electron chi connectivity index (χ0n) is 11.7. The fraction of sp³-hybridized carbons (Fsp3) is 0.429. The van der Waals surface area contributed by atoms with Crippen LogP contribution < -0.4 is 10.6 Å². The first-order valence-corrected chi connectivity index (χ1v) is 6.79. The number of amides is 2. The molecule has 0 bridgehead atoms. The van der Waals surface area contributed by atoms with E-state index in [9.17, 15) is 9.59 Å². The van der Waals surface area contributed by atoms with Crippen LogP contribution in [0.4, 0.5) is 10.5 Å². The number of nitrogens with one attached hydrogen (secondary N) is 2. The molecule has 0 saturated carbocycles. The summed E-state index contributed by atoms with van der Waals surface area (Å²) in [5, 5.41) is 14.5. The van der Waals surface area contributed by atoms with E-state index in [4.69, 9.17) is 16.7 Å². The number of urea groups is 1. The molecule has 0 spiro atoms. The summed E-state index contributed by atoms with van der Waals surface area (Å²) in [7, 11) is 0. The number of carboxylic acid groups (broad SMARTS) is 1. The Labute approximate surface area is 123 Å². The summed E-state index contributed by atoms with van der Waals surface area (Å²) >= 11 is 6.00. The number of carbonyl (C=O) groups is 2. The van der Waals surface area contributed by atoms with E-state index in [2.05, 4.69) is 10.6 Å². The van der Waals surface area contributed by atoms with Crippen LogP contribution in [-0.4, -0.2) is 23.1 Å². The normalized spacial score (nSPS) is 13.4. The van der Waals surface area contributed by atoms with Crippen LogP contribution in [0.25, 0.3) is 0 Å². The molecule has 5 nitrogen and oxygen atoms in total. The Kier molecular flexibility index (Phi) is 5.82. The molecule has 0 aliphatic carbocycles. The molecule has 0 radical (unpaired) electrons. The molecule has 0 aliphatic rings. The van der Waals surface area contributed by atoms with Gasteiger partial charge < -0.3 is 15.7 Å². The third-order valence-electron chi connectivity index (χ3n) is 3.14. The minimum Gasteiger partial charge on any atom is -0.480 e. The predicted octanol–water partition coefficient (Wildman–Crippen LogP) is 3.27. The Balaban J connectivity index is 2.73. The maximum atomic E-state index is 11.8.